The summed E-state index contributed by atoms with van der Waals surface area (Å²) in [7, 11) is 1.42. The van der Waals surface area contributed by atoms with Gasteiger partial charge in [0.05, 0.1) is 18.7 Å². The van der Waals surface area contributed by atoms with Crippen LogP contribution >= 0.6 is 0 Å². The van der Waals surface area contributed by atoms with Gasteiger partial charge in [-0.05, 0) is 36.8 Å². The molecular formula is C21H22N2O6. The van der Waals surface area contributed by atoms with Crippen LogP contribution in [0.5, 0.6) is 17.2 Å². The van der Waals surface area contributed by atoms with Gasteiger partial charge in [-0.2, -0.15) is 0 Å². The molecule has 8 nitrogen and oxygen atoms in total. The Kier molecular flexibility index (Phi) is 6.23. The van der Waals surface area contributed by atoms with Gasteiger partial charge in [0.25, 0.3) is 0 Å². The maximum Gasteiger partial charge on any atom is 0.338 e. The Morgan fingerprint density at radius 2 is 1.90 bits per heavy atom. The first-order valence-electron chi connectivity index (χ1n) is 8.99. The van der Waals surface area contributed by atoms with Crippen LogP contribution in [0.15, 0.2) is 59.8 Å². The third-order valence-corrected chi connectivity index (χ3v) is 4.35. The Hall–Kier alpha value is -3.68. The number of benzene rings is 2. The van der Waals surface area contributed by atoms with Crippen LogP contribution in [-0.2, 0) is 9.53 Å². The second-order valence-electron chi connectivity index (χ2n) is 6.30. The number of nitrogens with one attached hydrogen (secondary N) is 2. The van der Waals surface area contributed by atoms with Crippen molar-refractivity contribution in [1.82, 2.24) is 10.6 Å². The van der Waals surface area contributed by atoms with Gasteiger partial charge >= 0.3 is 12.0 Å². The average Bonchev–Trinajstić information content (AvgIpc) is 2.71. The Labute approximate surface area is 168 Å². The number of hydrogen-bond donors (Lipinski definition) is 3. The number of ether oxygens (including phenoxy) is 3. The van der Waals surface area contributed by atoms with Crippen LogP contribution in [0.4, 0.5) is 4.79 Å². The predicted octanol–water partition coefficient (Wildman–Crippen LogP) is 2.65. The van der Waals surface area contributed by atoms with Crippen molar-refractivity contribution in [1.29, 1.82) is 0 Å². The molecule has 3 rings (SSSR count). The number of rotatable bonds is 7. The summed E-state index contributed by atoms with van der Waals surface area (Å²) in [6.45, 7) is 1.87. The summed E-state index contributed by atoms with van der Waals surface area (Å²) in [5.41, 5.74) is 1.22. The fourth-order valence-electron chi connectivity index (χ4n) is 2.98. The molecule has 2 amide bonds. The fourth-order valence-corrected chi connectivity index (χ4v) is 2.98. The quantitative estimate of drug-likeness (QED) is 0.489. The smallest absolute Gasteiger partial charge is 0.338 e. The molecule has 0 radical (unpaired) electrons. The number of allylic oxidation sites excluding steroid dienone is 1. The molecule has 0 fully saturated rings. The van der Waals surface area contributed by atoms with Gasteiger partial charge in [0.2, 0.25) is 0 Å². The van der Waals surface area contributed by atoms with Crippen molar-refractivity contribution in [3.05, 3.63) is 65.4 Å². The van der Waals surface area contributed by atoms with Crippen LogP contribution in [0, 0.1) is 0 Å². The number of aromatic hydroxyl groups is 1. The Bertz CT molecular complexity index is 926. The standard InChI is InChI=1S/C21H22N2O6/c1-13-18(20(25)29-11-10-28-15-6-4-3-5-7-15)19(23-21(26)22-13)14-8-9-16(24)17(12-14)27-2/h3-9,12,19,24H,10-11H2,1-2H3,(H2,22,23,26)/t19-/m1/s1. The topological polar surface area (TPSA) is 106 Å². The summed E-state index contributed by atoms with van der Waals surface area (Å²) in [5, 5.41) is 15.1. The lowest BCUT2D eigenvalue weighted by Gasteiger charge is -2.28. The van der Waals surface area contributed by atoms with E-state index in [4.69, 9.17) is 14.2 Å². The molecule has 0 aliphatic carbocycles. The lowest BCUT2D eigenvalue weighted by Crippen LogP contribution is -2.45. The number of methoxy groups -OCH3 is 1. The Morgan fingerprint density at radius 1 is 1.14 bits per heavy atom. The van der Waals surface area contributed by atoms with Crippen LogP contribution < -0.4 is 20.1 Å². The van der Waals surface area contributed by atoms with Crippen molar-refractivity contribution in [3.8, 4) is 17.2 Å². The first-order chi connectivity index (χ1) is 14.0. The molecule has 0 spiro atoms. The van der Waals surface area contributed by atoms with E-state index < -0.39 is 18.0 Å². The fraction of sp³-hybridized carbons (Fsp3) is 0.238. The zero-order chi connectivity index (χ0) is 20.8. The second-order valence-corrected chi connectivity index (χ2v) is 6.30. The van der Waals surface area contributed by atoms with E-state index in [1.165, 1.54) is 13.2 Å². The van der Waals surface area contributed by atoms with Gasteiger partial charge in [0.15, 0.2) is 11.5 Å². The molecule has 152 valence electrons. The van der Waals surface area contributed by atoms with Crippen molar-refractivity contribution in [2.75, 3.05) is 20.3 Å². The van der Waals surface area contributed by atoms with E-state index in [2.05, 4.69) is 10.6 Å². The van der Waals surface area contributed by atoms with Crippen LogP contribution in [0.1, 0.15) is 18.5 Å². The molecule has 8 heteroatoms. The lowest BCUT2D eigenvalue weighted by atomic mass is 9.95. The first kappa shape index (κ1) is 20.1. The summed E-state index contributed by atoms with van der Waals surface area (Å²) in [6, 6.07) is 12.6. The van der Waals surface area contributed by atoms with Crippen LogP contribution in [0.25, 0.3) is 0 Å². The van der Waals surface area contributed by atoms with E-state index in [0.717, 1.165) is 0 Å². The van der Waals surface area contributed by atoms with E-state index in [0.29, 0.717) is 17.0 Å². The average molecular weight is 398 g/mol. The number of urea groups is 1. The van der Waals surface area contributed by atoms with E-state index in [9.17, 15) is 14.7 Å². The van der Waals surface area contributed by atoms with Gasteiger partial charge in [-0.25, -0.2) is 9.59 Å². The highest BCUT2D eigenvalue weighted by molar-refractivity contribution is 5.95. The molecule has 2 aromatic carbocycles. The minimum atomic E-state index is -0.749. The van der Waals surface area contributed by atoms with Gasteiger partial charge in [0.1, 0.15) is 19.0 Å². The van der Waals surface area contributed by atoms with Crippen LogP contribution in [0.3, 0.4) is 0 Å². The largest absolute Gasteiger partial charge is 0.504 e. The highest BCUT2D eigenvalue weighted by Gasteiger charge is 2.32. The second kappa shape index (κ2) is 9.01. The molecule has 2 aromatic rings. The SMILES string of the molecule is COc1cc([C@H]2NC(=O)NC(C)=C2C(=O)OCCOc2ccccc2)ccc1O. The molecule has 0 saturated heterocycles. The number of para-hydroxylation sites is 1. The molecule has 29 heavy (non-hydrogen) atoms. The number of phenols is 1. The van der Waals surface area contributed by atoms with Crippen LogP contribution in [-0.4, -0.2) is 37.4 Å². The molecule has 0 unspecified atom stereocenters. The molecule has 1 heterocycles. The minimum Gasteiger partial charge on any atom is -0.504 e. The Morgan fingerprint density at radius 3 is 2.62 bits per heavy atom. The summed E-state index contributed by atoms with van der Waals surface area (Å²) >= 11 is 0. The normalized spacial score (nSPS) is 15.9. The zero-order valence-corrected chi connectivity index (χ0v) is 16.1. The predicted molar refractivity (Wildman–Crippen MR) is 105 cm³/mol. The summed E-state index contributed by atoms with van der Waals surface area (Å²) in [4.78, 5) is 24.7. The number of carbonyl (C=O) groups is 2. The summed E-state index contributed by atoms with van der Waals surface area (Å²) in [5.74, 6) is 0.291. The van der Waals surface area contributed by atoms with Crippen molar-refractivity contribution in [3.63, 3.8) is 0 Å². The summed E-state index contributed by atoms with van der Waals surface area (Å²) < 4.78 is 16.0. The van der Waals surface area contributed by atoms with Gasteiger partial charge in [-0.1, -0.05) is 24.3 Å². The summed E-state index contributed by atoms with van der Waals surface area (Å²) in [6.07, 6.45) is 0. The maximum atomic E-state index is 12.7. The molecule has 1 aliphatic heterocycles. The third kappa shape index (κ3) is 4.78. The number of carbonyl (C=O) groups excluding carboxylic acids is 2. The molecule has 0 bridgehead atoms. The zero-order valence-electron chi connectivity index (χ0n) is 16.1. The number of amides is 2. The molecule has 1 aliphatic rings. The first-order valence-corrected chi connectivity index (χ1v) is 8.99. The maximum absolute atomic E-state index is 12.7. The monoisotopic (exact) mass is 398 g/mol. The van der Waals surface area contributed by atoms with Crippen LogP contribution in [0.2, 0.25) is 0 Å². The van der Waals surface area contributed by atoms with Gasteiger partial charge in [-0.3, -0.25) is 0 Å². The highest BCUT2D eigenvalue weighted by Crippen LogP contribution is 2.33. The van der Waals surface area contributed by atoms with E-state index in [-0.39, 0.29) is 30.3 Å². The third-order valence-electron chi connectivity index (χ3n) is 4.35. The van der Waals surface area contributed by atoms with Crippen molar-refractivity contribution in [2.45, 2.75) is 13.0 Å². The number of esters is 1. The Balaban J connectivity index is 1.72. The molecule has 0 saturated carbocycles. The van der Waals surface area contributed by atoms with Crippen molar-refractivity contribution < 1.29 is 28.9 Å². The highest BCUT2D eigenvalue weighted by atomic mass is 16.6. The van der Waals surface area contributed by atoms with Crippen molar-refractivity contribution >= 4 is 12.0 Å². The number of hydrogen-bond acceptors (Lipinski definition) is 6. The lowest BCUT2D eigenvalue weighted by molar-refractivity contribution is -0.140. The molecule has 3 N–H and O–H groups in total. The molecule has 0 aromatic heterocycles. The minimum absolute atomic E-state index is 0.0422. The van der Waals surface area contributed by atoms with Gasteiger partial charge < -0.3 is 30.0 Å². The molecule has 1 atom stereocenters. The van der Waals surface area contributed by atoms with E-state index in [1.807, 2.05) is 30.3 Å². The molecular weight excluding hydrogens is 376 g/mol. The van der Waals surface area contributed by atoms with E-state index in [1.54, 1.807) is 19.1 Å². The number of phenolic OH excluding ortho intramolecular Hbond substituents is 1. The van der Waals surface area contributed by atoms with Gasteiger partial charge in [-0.15, -0.1) is 0 Å². The van der Waals surface area contributed by atoms with Crippen molar-refractivity contribution in [2.24, 2.45) is 0 Å². The van der Waals surface area contributed by atoms with E-state index >= 15 is 0 Å². The van der Waals surface area contributed by atoms with Gasteiger partial charge in [0, 0.05) is 5.70 Å².